The maximum atomic E-state index is 16.6. The predicted molar refractivity (Wildman–Crippen MR) is 258 cm³/mol. The summed E-state index contributed by atoms with van der Waals surface area (Å²) >= 11 is 0. The largest absolute Gasteiger partial charge is 0.493 e. The van der Waals surface area contributed by atoms with Crippen LogP contribution in [0.3, 0.4) is 0 Å². The fourth-order valence-electron chi connectivity index (χ4n) is 9.95. The summed E-state index contributed by atoms with van der Waals surface area (Å²) in [5, 5.41) is 9.63. The summed E-state index contributed by atoms with van der Waals surface area (Å²) in [7, 11) is 1.82. The molecule has 5 heterocycles. The molecule has 0 radical (unpaired) electrons. The molecule has 1 atom stereocenters. The monoisotopic (exact) mass is 953 g/mol. The number of carbonyl (C=O) groups excluding carboxylic acids is 6. The topological polar surface area (TPSA) is 175 Å². The lowest BCUT2D eigenvalue weighted by Gasteiger charge is -2.35. The summed E-state index contributed by atoms with van der Waals surface area (Å²) < 4.78 is 38.6. The molecular weight excluding hydrogens is 898 g/mol. The Morgan fingerprint density at radius 2 is 1.54 bits per heavy atom. The number of nitrogens with one attached hydrogen (secondary N) is 1. The number of fused-ring (bicyclic) bond motifs is 3. The van der Waals surface area contributed by atoms with Gasteiger partial charge in [-0.05, 0) is 95.2 Å². The number of imide groups is 2. The second-order valence-electron chi connectivity index (χ2n) is 19.0. The number of nitrogens with zero attached hydrogens (tertiary/aromatic N) is 6. The number of amides is 5. The molecule has 0 spiro atoms. The molecule has 0 saturated carbocycles. The van der Waals surface area contributed by atoms with Crippen molar-refractivity contribution in [2.45, 2.75) is 78.5 Å². The average Bonchev–Trinajstić information content (AvgIpc) is 3.88. The van der Waals surface area contributed by atoms with Gasteiger partial charge in [0.15, 0.2) is 6.61 Å². The molecule has 6 aromatic rings. The van der Waals surface area contributed by atoms with Crippen LogP contribution in [0.1, 0.15) is 88.2 Å². The maximum absolute atomic E-state index is 16.6. The summed E-state index contributed by atoms with van der Waals surface area (Å²) in [6.45, 7) is 11.6. The molecule has 16 nitrogen and oxygen atoms in total. The van der Waals surface area contributed by atoms with E-state index >= 15 is 4.39 Å². The third-order valence-electron chi connectivity index (χ3n) is 13.4. The van der Waals surface area contributed by atoms with Crippen LogP contribution in [0.4, 0.5) is 4.39 Å². The Kier molecular flexibility index (Phi) is 13.1. The number of aryl methyl sites for hydroxylation is 3. The number of carbonyl (C=O) groups is 6. The Bertz CT molecular complexity index is 3100. The highest BCUT2D eigenvalue weighted by Gasteiger charge is 2.46. The number of piperidine rings is 1. The number of ether oxygens (including phenoxy) is 3. The van der Waals surface area contributed by atoms with E-state index in [-0.39, 0.29) is 35.6 Å². The smallest absolute Gasteiger partial charge is 0.355 e. The molecule has 364 valence electrons. The number of aromatic nitrogens is 3. The van der Waals surface area contributed by atoms with Gasteiger partial charge in [0.25, 0.3) is 17.7 Å². The molecule has 3 aliphatic heterocycles. The van der Waals surface area contributed by atoms with Crippen molar-refractivity contribution in [1.82, 2.24) is 34.4 Å². The van der Waals surface area contributed by atoms with E-state index in [9.17, 15) is 28.8 Å². The number of piperazine rings is 1. The predicted octanol–water partition coefficient (Wildman–Crippen LogP) is 6.54. The minimum absolute atomic E-state index is 0.0108. The normalized spacial score (nSPS) is 16.6. The van der Waals surface area contributed by atoms with Gasteiger partial charge in [0.1, 0.15) is 34.7 Å². The first-order chi connectivity index (χ1) is 33.5. The molecule has 17 heteroatoms. The molecule has 1 N–H and O–H groups in total. The first kappa shape index (κ1) is 47.7. The van der Waals surface area contributed by atoms with Crippen LogP contribution in [0, 0.1) is 19.7 Å². The second kappa shape index (κ2) is 19.2. The molecule has 0 aliphatic carbocycles. The van der Waals surface area contributed by atoms with Crippen molar-refractivity contribution in [3.8, 4) is 22.6 Å². The number of esters is 1. The first-order valence-corrected chi connectivity index (χ1v) is 23.7. The van der Waals surface area contributed by atoms with Crippen molar-refractivity contribution >= 4 is 57.2 Å². The van der Waals surface area contributed by atoms with Crippen molar-refractivity contribution in [3.63, 3.8) is 0 Å². The van der Waals surface area contributed by atoms with Crippen LogP contribution in [0.5, 0.6) is 11.5 Å². The second-order valence-corrected chi connectivity index (χ2v) is 19.0. The van der Waals surface area contributed by atoms with Crippen LogP contribution < -0.4 is 14.8 Å². The molecule has 4 aromatic carbocycles. The zero-order valence-corrected chi connectivity index (χ0v) is 40.2. The van der Waals surface area contributed by atoms with Gasteiger partial charge >= 0.3 is 5.97 Å². The lowest BCUT2D eigenvalue weighted by Crippen LogP contribution is -2.54. The Balaban J connectivity index is 0.939. The Morgan fingerprint density at radius 3 is 2.27 bits per heavy atom. The third kappa shape index (κ3) is 9.12. The van der Waals surface area contributed by atoms with Gasteiger partial charge in [-0.2, -0.15) is 5.10 Å². The molecule has 1 unspecified atom stereocenters. The van der Waals surface area contributed by atoms with Crippen LogP contribution >= 0.6 is 0 Å². The number of benzene rings is 4. The van der Waals surface area contributed by atoms with Gasteiger partial charge in [-0.25, -0.2) is 9.18 Å². The summed E-state index contributed by atoms with van der Waals surface area (Å²) in [5.41, 5.74) is 3.29. The van der Waals surface area contributed by atoms with Gasteiger partial charge in [-0.1, -0.05) is 42.5 Å². The van der Waals surface area contributed by atoms with E-state index in [1.54, 1.807) is 21.7 Å². The Morgan fingerprint density at radius 1 is 0.814 bits per heavy atom. The van der Waals surface area contributed by atoms with Crippen LogP contribution in [0.25, 0.3) is 32.8 Å². The Labute approximate surface area is 404 Å². The molecule has 70 heavy (non-hydrogen) atoms. The lowest BCUT2D eigenvalue weighted by molar-refractivity contribution is -0.136. The standard InChI is InChI=1S/C53H56FN7O9/c1-31-44(32(2)57(6)56-31)46-38(54)20-19-36-35(16-11-29-68-40-17-9-13-33-12-7-8-14-34(33)40)48(52(67)70-53(3,4)5)60(47(36)46)28-25-58-23-26-59(27-24-58)43(63)30-69-41-18-10-15-37-45(41)51(66)61(50(37)65)39-21-22-42(62)55-49(39)64/h7-10,12-15,17-20,39H,11,16,21-30H2,1-6H3,(H,55,62,64). The zero-order valence-electron chi connectivity index (χ0n) is 40.2. The number of hydrogen-bond acceptors (Lipinski definition) is 11. The highest BCUT2D eigenvalue weighted by atomic mass is 19.1. The van der Waals surface area contributed by atoms with Gasteiger partial charge in [-0.15, -0.1) is 0 Å². The van der Waals surface area contributed by atoms with Crippen molar-refractivity contribution in [1.29, 1.82) is 0 Å². The number of halogens is 1. The van der Waals surface area contributed by atoms with Crippen LogP contribution in [0.15, 0.2) is 72.8 Å². The van der Waals surface area contributed by atoms with Crippen molar-refractivity contribution < 1.29 is 47.4 Å². The van der Waals surface area contributed by atoms with Crippen molar-refractivity contribution in [2.24, 2.45) is 7.05 Å². The summed E-state index contributed by atoms with van der Waals surface area (Å²) in [6.07, 6.45) is 0.995. The van der Waals surface area contributed by atoms with Gasteiger partial charge in [0.05, 0.1) is 28.9 Å². The minimum atomic E-state index is -1.14. The highest BCUT2D eigenvalue weighted by Crippen LogP contribution is 2.41. The molecule has 0 bridgehead atoms. The molecule has 9 rings (SSSR count). The molecule has 2 saturated heterocycles. The van der Waals surface area contributed by atoms with E-state index in [1.807, 2.05) is 88.7 Å². The fraction of sp³-hybridized carbons (Fsp3) is 0.377. The van der Waals surface area contributed by atoms with Crippen LogP contribution in [-0.4, -0.2) is 122 Å². The average molecular weight is 954 g/mol. The molecule has 3 aliphatic rings. The van der Waals surface area contributed by atoms with Gasteiger partial charge in [0, 0.05) is 80.3 Å². The maximum Gasteiger partial charge on any atom is 0.355 e. The van der Waals surface area contributed by atoms with E-state index in [4.69, 9.17) is 14.2 Å². The van der Waals surface area contributed by atoms with E-state index in [2.05, 4.69) is 15.3 Å². The molecule has 2 aromatic heterocycles. The van der Waals surface area contributed by atoms with E-state index in [0.29, 0.717) is 86.7 Å². The van der Waals surface area contributed by atoms with Crippen LogP contribution in [0.2, 0.25) is 0 Å². The summed E-state index contributed by atoms with van der Waals surface area (Å²) in [4.78, 5) is 84.1. The summed E-state index contributed by atoms with van der Waals surface area (Å²) in [5.74, 6) is -3.06. The first-order valence-electron chi connectivity index (χ1n) is 23.7. The molecule has 5 amide bonds. The number of hydrogen-bond donors (Lipinski definition) is 1. The fourth-order valence-corrected chi connectivity index (χ4v) is 9.95. The van der Waals surface area contributed by atoms with Crippen molar-refractivity contribution in [2.75, 3.05) is 45.9 Å². The van der Waals surface area contributed by atoms with Crippen molar-refractivity contribution in [3.05, 3.63) is 112 Å². The van der Waals surface area contributed by atoms with E-state index < -0.39 is 53.7 Å². The van der Waals surface area contributed by atoms with Gasteiger partial charge < -0.3 is 23.7 Å². The lowest BCUT2D eigenvalue weighted by atomic mass is 9.98. The minimum Gasteiger partial charge on any atom is -0.493 e. The summed E-state index contributed by atoms with van der Waals surface area (Å²) in [6, 6.07) is 20.6. The SMILES string of the molecule is Cc1nn(C)c(C)c1-c1c(F)ccc2c(CCCOc3cccc4ccccc34)c(C(=O)OC(C)(C)C)n(CCN3CCN(C(=O)COc4cccc5c4C(=O)N(C4CCC(=O)NC4=O)C5=O)CC3)c12. The third-order valence-corrected chi connectivity index (χ3v) is 13.4. The van der Waals surface area contributed by atoms with Gasteiger partial charge in [-0.3, -0.25) is 43.8 Å². The quantitative estimate of drug-likeness (QED) is 0.0713. The zero-order chi connectivity index (χ0) is 49.6. The van der Waals surface area contributed by atoms with Crippen LogP contribution in [-0.2, 0) is 39.1 Å². The van der Waals surface area contributed by atoms with Gasteiger partial charge in [0.2, 0.25) is 11.8 Å². The molecular formula is C53H56FN7O9. The molecule has 2 fully saturated rings. The Hall–Kier alpha value is -7.40. The van der Waals surface area contributed by atoms with E-state index in [1.165, 1.54) is 18.2 Å². The van der Waals surface area contributed by atoms with E-state index in [0.717, 1.165) is 38.1 Å². The number of rotatable bonds is 14. The highest BCUT2D eigenvalue weighted by molar-refractivity contribution is 6.24.